The van der Waals surface area contributed by atoms with Crippen molar-refractivity contribution in [2.24, 2.45) is 0 Å². The van der Waals surface area contributed by atoms with Crippen molar-refractivity contribution in [1.82, 2.24) is 15.1 Å². The van der Waals surface area contributed by atoms with E-state index in [1.807, 2.05) is 0 Å². The first kappa shape index (κ1) is 20.6. The summed E-state index contributed by atoms with van der Waals surface area (Å²) in [5, 5.41) is 16.5. The summed E-state index contributed by atoms with van der Waals surface area (Å²) in [6, 6.07) is 5.79. The number of anilines is 1. The number of carbonyl (C=O) groups excluding carboxylic acids is 3. The van der Waals surface area contributed by atoms with Gasteiger partial charge in [0, 0.05) is 26.2 Å². The van der Waals surface area contributed by atoms with Gasteiger partial charge in [-0.25, -0.2) is 4.79 Å². The monoisotopic (exact) mass is 403 g/mol. The highest BCUT2D eigenvalue weighted by molar-refractivity contribution is 6.08. The van der Waals surface area contributed by atoms with Gasteiger partial charge >= 0.3 is 6.03 Å². The third-order valence-electron chi connectivity index (χ3n) is 5.65. The van der Waals surface area contributed by atoms with Gasteiger partial charge in [0.25, 0.3) is 11.6 Å². The second-order valence-corrected chi connectivity index (χ2v) is 7.38. The van der Waals surface area contributed by atoms with Crippen molar-refractivity contribution < 1.29 is 19.3 Å². The predicted molar refractivity (Wildman–Crippen MR) is 105 cm³/mol. The lowest BCUT2D eigenvalue weighted by atomic mass is 9.81. The standard InChI is InChI=1S/C19H25N5O5/c1-22-18(27)23(17(26)19(22)9-5-2-6-10-19)13-16(25)21-12-11-20-14-7-3-4-8-15(14)24(28)29/h3-4,7-8,20H,2,5-6,9-13H2,1H3,(H,21,25). The number of hydrogen-bond donors (Lipinski definition) is 2. The summed E-state index contributed by atoms with van der Waals surface area (Å²) < 4.78 is 0. The van der Waals surface area contributed by atoms with E-state index in [0.29, 0.717) is 18.5 Å². The topological polar surface area (TPSA) is 125 Å². The molecule has 4 amide bonds. The number of amides is 4. The number of imide groups is 1. The summed E-state index contributed by atoms with van der Waals surface area (Å²) in [6.45, 7) is 0.139. The van der Waals surface area contributed by atoms with Gasteiger partial charge in [-0.05, 0) is 18.9 Å². The minimum atomic E-state index is -0.802. The van der Waals surface area contributed by atoms with Crippen molar-refractivity contribution in [2.45, 2.75) is 37.6 Å². The number of rotatable bonds is 7. The Hall–Kier alpha value is -3.17. The summed E-state index contributed by atoms with van der Waals surface area (Å²) in [5.74, 6) is -0.741. The normalized spacial score (nSPS) is 18.2. The van der Waals surface area contributed by atoms with Gasteiger partial charge in [0.15, 0.2) is 0 Å². The van der Waals surface area contributed by atoms with Crippen molar-refractivity contribution in [3.63, 3.8) is 0 Å². The fourth-order valence-electron chi connectivity index (χ4n) is 4.05. The minimum absolute atomic E-state index is 0.0482. The van der Waals surface area contributed by atoms with Crippen LogP contribution < -0.4 is 10.6 Å². The summed E-state index contributed by atoms with van der Waals surface area (Å²) in [5.41, 5.74) is -0.492. The zero-order valence-corrected chi connectivity index (χ0v) is 16.3. The molecule has 29 heavy (non-hydrogen) atoms. The molecule has 0 unspecified atom stereocenters. The minimum Gasteiger partial charge on any atom is -0.378 e. The Balaban J connectivity index is 1.50. The van der Waals surface area contributed by atoms with Crippen LogP contribution in [0.2, 0.25) is 0 Å². The number of nitrogens with zero attached hydrogens (tertiary/aromatic N) is 3. The third-order valence-corrected chi connectivity index (χ3v) is 5.65. The average Bonchev–Trinajstić information content (AvgIpc) is 2.88. The third kappa shape index (κ3) is 4.01. The lowest BCUT2D eigenvalue weighted by Gasteiger charge is -2.35. The molecule has 0 aromatic heterocycles. The molecular weight excluding hydrogens is 378 g/mol. The van der Waals surface area contributed by atoms with Crippen LogP contribution in [-0.2, 0) is 9.59 Å². The predicted octanol–water partition coefficient (Wildman–Crippen LogP) is 1.72. The van der Waals surface area contributed by atoms with Crippen LogP contribution >= 0.6 is 0 Å². The largest absolute Gasteiger partial charge is 0.378 e. The van der Waals surface area contributed by atoms with E-state index in [4.69, 9.17) is 0 Å². The number of carbonyl (C=O) groups is 3. The molecule has 10 nitrogen and oxygen atoms in total. The Bertz CT molecular complexity index is 821. The summed E-state index contributed by atoms with van der Waals surface area (Å²) >= 11 is 0. The van der Waals surface area contributed by atoms with Gasteiger partial charge in [-0.2, -0.15) is 0 Å². The quantitative estimate of drug-likeness (QED) is 0.309. The number of nitro groups is 1. The highest BCUT2D eigenvalue weighted by Gasteiger charge is 2.55. The number of likely N-dealkylation sites (N-methyl/N-ethyl adjacent to an activating group) is 1. The number of hydrogen-bond acceptors (Lipinski definition) is 6. The van der Waals surface area contributed by atoms with Crippen LogP contribution in [-0.4, -0.2) is 64.8 Å². The maximum Gasteiger partial charge on any atom is 0.327 e. The molecule has 1 aliphatic heterocycles. The van der Waals surface area contributed by atoms with E-state index in [9.17, 15) is 24.5 Å². The zero-order chi connectivity index (χ0) is 21.0. The first-order chi connectivity index (χ1) is 13.9. The molecule has 2 N–H and O–H groups in total. The summed E-state index contributed by atoms with van der Waals surface area (Å²) in [7, 11) is 1.63. The highest BCUT2D eigenvalue weighted by atomic mass is 16.6. The smallest absolute Gasteiger partial charge is 0.327 e. The molecule has 1 heterocycles. The Morgan fingerprint density at radius 1 is 1.17 bits per heavy atom. The highest BCUT2D eigenvalue weighted by Crippen LogP contribution is 2.39. The fourth-order valence-corrected chi connectivity index (χ4v) is 4.05. The van der Waals surface area contributed by atoms with Crippen LogP contribution in [0.15, 0.2) is 24.3 Å². The molecule has 2 fully saturated rings. The number of benzene rings is 1. The zero-order valence-electron chi connectivity index (χ0n) is 16.3. The van der Waals surface area contributed by atoms with Gasteiger partial charge in [0.05, 0.1) is 4.92 Å². The van der Waals surface area contributed by atoms with E-state index in [-0.39, 0.29) is 31.2 Å². The Morgan fingerprint density at radius 3 is 2.55 bits per heavy atom. The van der Waals surface area contributed by atoms with E-state index < -0.39 is 22.4 Å². The van der Waals surface area contributed by atoms with E-state index in [2.05, 4.69) is 10.6 Å². The molecule has 0 radical (unpaired) electrons. The lowest BCUT2D eigenvalue weighted by molar-refractivity contribution is -0.384. The molecule has 0 atom stereocenters. The molecule has 0 bridgehead atoms. The molecule has 2 aliphatic rings. The number of nitro benzene ring substituents is 1. The van der Waals surface area contributed by atoms with Crippen LogP contribution in [0.1, 0.15) is 32.1 Å². The Labute approximate surface area is 168 Å². The van der Waals surface area contributed by atoms with Crippen LogP contribution in [0.3, 0.4) is 0 Å². The van der Waals surface area contributed by atoms with Gasteiger partial charge in [-0.1, -0.05) is 31.4 Å². The summed E-state index contributed by atoms with van der Waals surface area (Å²) in [4.78, 5) is 50.6. The molecule has 1 saturated carbocycles. The molecule has 156 valence electrons. The van der Waals surface area contributed by atoms with Gasteiger partial charge in [0.2, 0.25) is 5.91 Å². The Morgan fingerprint density at radius 2 is 1.86 bits per heavy atom. The molecule has 3 rings (SSSR count). The Kier molecular flexibility index (Phi) is 6.00. The van der Waals surface area contributed by atoms with Crippen LogP contribution in [0.5, 0.6) is 0 Å². The maximum absolute atomic E-state index is 12.9. The lowest BCUT2D eigenvalue weighted by Crippen LogP contribution is -2.49. The maximum atomic E-state index is 12.9. The second-order valence-electron chi connectivity index (χ2n) is 7.38. The van der Waals surface area contributed by atoms with Crippen molar-refractivity contribution in [1.29, 1.82) is 0 Å². The fraction of sp³-hybridized carbons (Fsp3) is 0.526. The van der Waals surface area contributed by atoms with E-state index in [0.717, 1.165) is 24.2 Å². The van der Waals surface area contributed by atoms with Crippen molar-refractivity contribution in [3.05, 3.63) is 34.4 Å². The molecule has 1 aromatic carbocycles. The average molecular weight is 403 g/mol. The van der Waals surface area contributed by atoms with Crippen LogP contribution in [0, 0.1) is 10.1 Å². The van der Waals surface area contributed by atoms with Crippen molar-refractivity contribution in [2.75, 3.05) is 32.0 Å². The molecule has 10 heteroatoms. The van der Waals surface area contributed by atoms with Crippen LogP contribution in [0.4, 0.5) is 16.2 Å². The number of para-hydroxylation sites is 2. The first-order valence-corrected chi connectivity index (χ1v) is 9.70. The van der Waals surface area contributed by atoms with Gasteiger partial charge in [0.1, 0.15) is 17.8 Å². The van der Waals surface area contributed by atoms with E-state index in [1.165, 1.54) is 11.0 Å². The molecule has 1 saturated heterocycles. The first-order valence-electron chi connectivity index (χ1n) is 9.70. The molecular formula is C19H25N5O5. The van der Waals surface area contributed by atoms with Gasteiger partial charge in [-0.3, -0.25) is 24.6 Å². The second kappa shape index (κ2) is 8.46. The molecule has 1 spiro atoms. The van der Waals surface area contributed by atoms with E-state index >= 15 is 0 Å². The van der Waals surface area contributed by atoms with Gasteiger partial charge < -0.3 is 15.5 Å². The number of nitrogens with one attached hydrogen (secondary N) is 2. The number of urea groups is 1. The summed E-state index contributed by atoms with van der Waals surface area (Å²) in [6.07, 6.45) is 4.09. The SMILES string of the molecule is CN1C(=O)N(CC(=O)NCCNc2ccccc2[N+](=O)[O-])C(=O)C12CCCCC2. The molecule has 1 aromatic rings. The van der Waals surface area contributed by atoms with Crippen molar-refractivity contribution >= 4 is 29.2 Å². The van der Waals surface area contributed by atoms with Crippen LogP contribution in [0.25, 0.3) is 0 Å². The molecule has 1 aliphatic carbocycles. The van der Waals surface area contributed by atoms with Crippen molar-refractivity contribution in [3.8, 4) is 0 Å². The van der Waals surface area contributed by atoms with E-state index in [1.54, 1.807) is 25.2 Å². The van der Waals surface area contributed by atoms with Gasteiger partial charge in [-0.15, -0.1) is 0 Å².